The van der Waals surface area contributed by atoms with E-state index in [0.29, 0.717) is 16.9 Å². The lowest BCUT2D eigenvalue weighted by Gasteiger charge is -2.35. The predicted molar refractivity (Wildman–Crippen MR) is 84.3 cm³/mol. The highest BCUT2D eigenvalue weighted by Gasteiger charge is 2.29. The van der Waals surface area contributed by atoms with Gasteiger partial charge in [-0.2, -0.15) is 0 Å². The molecular weight excluding hydrogens is 264 g/mol. The topological polar surface area (TPSA) is 66.9 Å². The highest BCUT2D eigenvalue weighted by molar-refractivity contribution is 5.92. The van der Waals surface area contributed by atoms with E-state index in [1.807, 2.05) is 0 Å². The Bertz CT molecular complexity index is 470. The summed E-state index contributed by atoms with van der Waals surface area (Å²) < 4.78 is 0. The fourth-order valence-electron chi connectivity index (χ4n) is 2.87. The number of hydrogen-bond acceptors (Lipinski definition) is 4. The zero-order chi connectivity index (χ0) is 15.3. The number of amides is 1. The molecule has 1 aromatic heterocycles. The third-order valence-electron chi connectivity index (χ3n) is 3.98. The number of nitrogens with zero attached hydrogens (tertiary/aromatic N) is 2. The average molecular weight is 290 g/mol. The van der Waals surface area contributed by atoms with Gasteiger partial charge in [0.15, 0.2) is 0 Å². The summed E-state index contributed by atoms with van der Waals surface area (Å²) in [6.07, 6.45) is 8.68. The van der Waals surface area contributed by atoms with Crippen LogP contribution in [0.1, 0.15) is 63.4 Å². The van der Waals surface area contributed by atoms with Gasteiger partial charge in [0.05, 0.1) is 12.4 Å². The normalized spacial score (nSPS) is 20.8. The molecule has 2 N–H and O–H groups in total. The molecule has 1 saturated carbocycles. The van der Waals surface area contributed by atoms with E-state index in [9.17, 15) is 4.79 Å². The molecule has 2 rings (SSSR count). The minimum absolute atomic E-state index is 0.118. The van der Waals surface area contributed by atoms with Crippen molar-refractivity contribution in [2.45, 2.75) is 58.9 Å². The number of carbonyl (C=O) groups excluding carboxylic acids is 1. The Balaban J connectivity index is 1.91. The summed E-state index contributed by atoms with van der Waals surface area (Å²) in [5.41, 5.74) is 0.705. The van der Waals surface area contributed by atoms with E-state index in [1.54, 1.807) is 12.4 Å². The Morgan fingerprint density at radius 2 is 2.19 bits per heavy atom. The molecule has 21 heavy (non-hydrogen) atoms. The van der Waals surface area contributed by atoms with Crippen molar-refractivity contribution in [3.8, 4) is 0 Å². The van der Waals surface area contributed by atoms with Crippen molar-refractivity contribution in [1.29, 1.82) is 0 Å². The van der Waals surface area contributed by atoms with Gasteiger partial charge in [0.25, 0.3) is 5.91 Å². The maximum absolute atomic E-state index is 12.2. The predicted octanol–water partition coefficient (Wildman–Crippen LogP) is 3.00. The largest absolute Gasteiger partial charge is 0.369 e. The van der Waals surface area contributed by atoms with Crippen molar-refractivity contribution in [2.75, 3.05) is 11.9 Å². The molecule has 1 aliphatic rings. The molecular formula is C16H26N4O. The Labute approximate surface area is 127 Å². The van der Waals surface area contributed by atoms with Gasteiger partial charge in [0.2, 0.25) is 0 Å². The van der Waals surface area contributed by atoms with Gasteiger partial charge < -0.3 is 10.6 Å². The highest BCUT2D eigenvalue weighted by Crippen LogP contribution is 2.35. The second-order valence-electron chi connectivity index (χ2n) is 6.64. The van der Waals surface area contributed by atoms with E-state index in [-0.39, 0.29) is 11.9 Å². The summed E-state index contributed by atoms with van der Waals surface area (Å²) >= 11 is 0. The molecule has 5 nitrogen and oxygen atoms in total. The summed E-state index contributed by atoms with van der Waals surface area (Å²) in [5, 5.41) is 6.24. The summed E-state index contributed by atoms with van der Waals surface area (Å²) in [7, 11) is 0. The van der Waals surface area contributed by atoms with Crippen molar-refractivity contribution in [1.82, 2.24) is 15.3 Å². The molecule has 0 spiro atoms. The Hall–Kier alpha value is -1.65. The van der Waals surface area contributed by atoms with E-state index in [4.69, 9.17) is 0 Å². The minimum atomic E-state index is -0.118. The van der Waals surface area contributed by atoms with E-state index < -0.39 is 0 Å². The number of nitrogens with one attached hydrogen (secondary N) is 2. The van der Waals surface area contributed by atoms with E-state index in [2.05, 4.69) is 41.4 Å². The first-order valence-electron chi connectivity index (χ1n) is 7.87. The van der Waals surface area contributed by atoms with E-state index in [1.165, 1.54) is 12.8 Å². The fraction of sp³-hybridized carbons (Fsp3) is 0.688. The molecule has 5 heteroatoms. The Morgan fingerprint density at radius 1 is 1.38 bits per heavy atom. The van der Waals surface area contributed by atoms with Crippen LogP contribution in [-0.2, 0) is 0 Å². The van der Waals surface area contributed by atoms with Crippen LogP contribution in [0.4, 0.5) is 5.82 Å². The number of rotatable bonds is 5. The van der Waals surface area contributed by atoms with Gasteiger partial charge in [0, 0.05) is 12.6 Å². The molecule has 1 unspecified atom stereocenters. The quantitative estimate of drug-likeness (QED) is 0.875. The van der Waals surface area contributed by atoms with Crippen LogP contribution in [-0.4, -0.2) is 28.5 Å². The summed E-state index contributed by atoms with van der Waals surface area (Å²) in [5.74, 6) is 0.597. The van der Waals surface area contributed by atoms with Crippen molar-refractivity contribution >= 4 is 11.7 Å². The minimum Gasteiger partial charge on any atom is -0.369 e. The number of aromatic nitrogens is 2. The Morgan fingerprint density at radius 3 is 2.81 bits per heavy atom. The standard InChI is InChI=1S/C16H26N4O/c1-4-8-17-14-11-18-13(10-19-14)15(21)20-12-6-5-7-16(2,3)9-12/h10-12H,4-9H2,1-3H3,(H,17,19)(H,20,21). The first kappa shape index (κ1) is 15.7. The van der Waals surface area contributed by atoms with Crippen LogP contribution in [0, 0.1) is 5.41 Å². The van der Waals surface area contributed by atoms with Crippen molar-refractivity contribution in [2.24, 2.45) is 5.41 Å². The van der Waals surface area contributed by atoms with Gasteiger partial charge in [-0.3, -0.25) is 4.79 Å². The first-order chi connectivity index (χ1) is 10.00. The Kier molecular flexibility index (Phi) is 5.15. The second kappa shape index (κ2) is 6.87. The summed E-state index contributed by atoms with van der Waals surface area (Å²) in [6.45, 7) is 7.48. The number of hydrogen-bond donors (Lipinski definition) is 2. The second-order valence-corrected chi connectivity index (χ2v) is 6.64. The zero-order valence-electron chi connectivity index (χ0n) is 13.3. The molecule has 116 valence electrons. The maximum atomic E-state index is 12.2. The number of anilines is 1. The van der Waals surface area contributed by atoms with Gasteiger partial charge in [0.1, 0.15) is 11.5 Å². The van der Waals surface area contributed by atoms with Crippen molar-refractivity contribution < 1.29 is 4.79 Å². The average Bonchev–Trinajstić information content (AvgIpc) is 2.44. The molecule has 0 aliphatic heterocycles. The lowest BCUT2D eigenvalue weighted by Crippen LogP contribution is -2.41. The monoisotopic (exact) mass is 290 g/mol. The highest BCUT2D eigenvalue weighted by atomic mass is 16.1. The molecule has 1 fully saturated rings. The molecule has 0 bridgehead atoms. The third-order valence-corrected chi connectivity index (χ3v) is 3.98. The lowest BCUT2D eigenvalue weighted by atomic mass is 9.75. The van der Waals surface area contributed by atoms with Crippen molar-refractivity contribution in [3.05, 3.63) is 18.1 Å². The van der Waals surface area contributed by atoms with Crippen LogP contribution in [0.25, 0.3) is 0 Å². The summed E-state index contributed by atoms with van der Waals surface area (Å²) in [4.78, 5) is 20.6. The molecule has 1 heterocycles. The van der Waals surface area contributed by atoms with Gasteiger partial charge in [-0.15, -0.1) is 0 Å². The van der Waals surface area contributed by atoms with Gasteiger partial charge in [-0.05, 0) is 31.1 Å². The zero-order valence-corrected chi connectivity index (χ0v) is 13.3. The van der Waals surface area contributed by atoms with E-state index in [0.717, 1.165) is 25.8 Å². The van der Waals surface area contributed by atoms with Crippen LogP contribution < -0.4 is 10.6 Å². The molecule has 0 saturated heterocycles. The molecule has 0 aromatic carbocycles. The SMILES string of the molecule is CCCNc1cnc(C(=O)NC2CCCC(C)(C)C2)cn1. The summed E-state index contributed by atoms with van der Waals surface area (Å²) in [6, 6.07) is 0.251. The van der Waals surface area contributed by atoms with Crippen LogP contribution in [0.2, 0.25) is 0 Å². The lowest BCUT2D eigenvalue weighted by molar-refractivity contribution is 0.0897. The molecule has 1 aliphatic carbocycles. The van der Waals surface area contributed by atoms with E-state index >= 15 is 0 Å². The molecule has 1 atom stereocenters. The first-order valence-corrected chi connectivity index (χ1v) is 7.87. The van der Waals surface area contributed by atoms with Crippen LogP contribution >= 0.6 is 0 Å². The van der Waals surface area contributed by atoms with Crippen LogP contribution in [0.5, 0.6) is 0 Å². The van der Waals surface area contributed by atoms with Gasteiger partial charge in [-0.25, -0.2) is 9.97 Å². The molecule has 0 radical (unpaired) electrons. The molecule has 1 amide bonds. The smallest absolute Gasteiger partial charge is 0.271 e. The third kappa shape index (κ3) is 4.69. The van der Waals surface area contributed by atoms with Gasteiger partial charge >= 0.3 is 0 Å². The number of carbonyl (C=O) groups is 1. The van der Waals surface area contributed by atoms with Crippen LogP contribution in [0.3, 0.4) is 0 Å². The maximum Gasteiger partial charge on any atom is 0.271 e. The van der Waals surface area contributed by atoms with Crippen LogP contribution in [0.15, 0.2) is 12.4 Å². The van der Waals surface area contributed by atoms with Crippen molar-refractivity contribution in [3.63, 3.8) is 0 Å². The van der Waals surface area contributed by atoms with Gasteiger partial charge in [-0.1, -0.05) is 27.2 Å². The molecule has 1 aromatic rings. The fourth-order valence-corrected chi connectivity index (χ4v) is 2.87.